The monoisotopic (exact) mass is 400 g/mol. The normalized spacial score (nSPS) is 11.0. The topological polar surface area (TPSA) is 42.0 Å². The number of aromatic nitrogens is 1. The number of carbonyl (C=O) groups excluding carboxylic acids is 1. The van der Waals surface area contributed by atoms with E-state index in [1.165, 1.54) is 5.56 Å². The SMILES string of the molecule is CC(C)c1ccc(NC(=O)c2cc(-c3ccc(Cl)cc3)nc3ccccc23)cc1. The first-order valence-electron chi connectivity index (χ1n) is 9.58. The van der Waals surface area contributed by atoms with E-state index in [4.69, 9.17) is 16.6 Å². The first kappa shape index (κ1) is 19.2. The molecule has 29 heavy (non-hydrogen) atoms. The second-order valence-corrected chi connectivity index (χ2v) is 7.75. The van der Waals surface area contributed by atoms with Gasteiger partial charge < -0.3 is 5.32 Å². The van der Waals surface area contributed by atoms with E-state index >= 15 is 0 Å². The Kier molecular flexibility index (Phi) is 5.32. The maximum absolute atomic E-state index is 13.1. The predicted molar refractivity (Wildman–Crippen MR) is 121 cm³/mol. The highest BCUT2D eigenvalue weighted by atomic mass is 35.5. The van der Waals surface area contributed by atoms with E-state index in [1.54, 1.807) is 0 Å². The molecule has 4 heteroatoms. The van der Waals surface area contributed by atoms with Crippen LogP contribution in [0, 0.1) is 0 Å². The first-order chi connectivity index (χ1) is 14.0. The number of carbonyl (C=O) groups is 1. The van der Waals surface area contributed by atoms with Gasteiger partial charge in [-0.15, -0.1) is 0 Å². The van der Waals surface area contributed by atoms with Gasteiger partial charge >= 0.3 is 0 Å². The average Bonchev–Trinajstić information content (AvgIpc) is 2.74. The number of nitrogens with one attached hydrogen (secondary N) is 1. The maximum Gasteiger partial charge on any atom is 0.256 e. The van der Waals surface area contributed by atoms with Gasteiger partial charge in [-0.1, -0.05) is 67.9 Å². The van der Waals surface area contributed by atoms with Crippen molar-refractivity contribution in [2.24, 2.45) is 0 Å². The highest BCUT2D eigenvalue weighted by Gasteiger charge is 2.14. The molecule has 1 heterocycles. The third-order valence-corrected chi connectivity index (χ3v) is 5.19. The molecule has 0 bridgehead atoms. The van der Waals surface area contributed by atoms with E-state index in [9.17, 15) is 4.79 Å². The van der Waals surface area contributed by atoms with Crippen molar-refractivity contribution < 1.29 is 4.79 Å². The van der Waals surface area contributed by atoms with Crippen LogP contribution in [0.25, 0.3) is 22.2 Å². The van der Waals surface area contributed by atoms with Crippen molar-refractivity contribution in [3.05, 3.63) is 95.0 Å². The molecule has 0 fully saturated rings. The molecular weight excluding hydrogens is 380 g/mol. The zero-order valence-corrected chi connectivity index (χ0v) is 17.1. The molecule has 0 aliphatic heterocycles. The van der Waals surface area contributed by atoms with Crippen molar-refractivity contribution >= 4 is 34.1 Å². The lowest BCUT2D eigenvalue weighted by Gasteiger charge is -2.12. The molecule has 0 atom stereocenters. The molecular formula is C25H21ClN2O. The van der Waals surface area contributed by atoms with Gasteiger partial charge in [0.15, 0.2) is 0 Å². The second-order valence-electron chi connectivity index (χ2n) is 7.31. The largest absolute Gasteiger partial charge is 0.322 e. The summed E-state index contributed by atoms with van der Waals surface area (Å²) in [5, 5.41) is 4.50. The minimum atomic E-state index is -0.156. The van der Waals surface area contributed by atoms with E-state index in [0.717, 1.165) is 27.8 Å². The fourth-order valence-electron chi connectivity index (χ4n) is 3.28. The highest BCUT2D eigenvalue weighted by Crippen LogP contribution is 2.27. The summed E-state index contributed by atoms with van der Waals surface area (Å²) >= 11 is 6.01. The van der Waals surface area contributed by atoms with Crippen LogP contribution in [0.2, 0.25) is 5.02 Å². The molecule has 4 aromatic rings. The van der Waals surface area contributed by atoms with Crippen molar-refractivity contribution in [1.82, 2.24) is 4.98 Å². The molecule has 0 aliphatic carbocycles. The number of hydrogen-bond acceptors (Lipinski definition) is 2. The summed E-state index contributed by atoms with van der Waals surface area (Å²) in [6.07, 6.45) is 0. The van der Waals surface area contributed by atoms with Crippen molar-refractivity contribution in [2.75, 3.05) is 5.32 Å². The lowest BCUT2D eigenvalue weighted by Crippen LogP contribution is -2.13. The Balaban J connectivity index is 1.73. The molecule has 0 aliphatic rings. The zero-order chi connectivity index (χ0) is 20.4. The molecule has 0 unspecified atom stereocenters. The van der Waals surface area contributed by atoms with Crippen molar-refractivity contribution in [3.63, 3.8) is 0 Å². The van der Waals surface area contributed by atoms with Crippen LogP contribution < -0.4 is 5.32 Å². The van der Waals surface area contributed by atoms with E-state index in [2.05, 4.69) is 19.2 Å². The summed E-state index contributed by atoms with van der Waals surface area (Å²) in [6.45, 7) is 4.30. The lowest BCUT2D eigenvalue weighted by atomic mass is 10.0. The van der Waals surface area contributed by atoms with E-state index in [0.29, 0.717) is 16.5 Å². The summed E-state index contributed by atoms with van der Waals surface area (Å²) in [7, 11) is 0. The van der Waals surface area contributed by atoms with Crippen LogP contribution in [0.4, 0.5) is 5.69 Å². The number of nitrogens with zero attached hydrogens (tertiary/aromatic N) is 1. The zero-order valence-electron chi connectivity index (χ0n) is 16.3. The number of para-hydroxylation sites is 1. The molecule has 1 amide bonds. The van der Waals surface area contributed by atoms with Gasteiger partial charge in [0.25, 0.3) is 5.91 Å². The molecule has 0 saturated carbocycles. The average molecular weight is 401 g/mol. The van der Waals surface area contributed by atoms with Gasteiger partial charge in [-0.05, 0) is 47.9 Å². The summed E-state index contributed by atoms with van der Waals surface area (Å²) in [5.41, 5.74) is 5.03. The molecule has 1 N–H and O–H groups in total. The number of halogens is 1. The number of fused-ring (bicyclic) bond motifs is 1. The molecule has 144 valence electrons. The Morgan fingerprint density at radius 3 is 2.31 bits per heavy atom. The van der Waals surface area contributed by atoms with Gasteiger partial charge in [0, 0.05) is 21.7 Å². The Morgan fingerprint density at radius 2 is 1.62 bits per heavy atom. The predicted octanol–water partition coefficient (Wildman–Crippen LogP) is 6.93. The van der Waals surface area contributed by atoms with Gasteiger partial charge in [0.1, 0.15) is 0 Å². The van der Waals surface area contributed by atoms with Gasteiger partial charge in [0.05, 0.1) is 16.8 Å². The number of pyridine rings is 1. The maximum atomic E-state index is 13.1. The minimum absolute atomic E-state index is 0.156. The van der Waals surface area contributed by atoms with Crippen LogP contribution >= 0.6 is 11.6 Å². The number of anilines is 1. The van der Waals surface area contributed by atoms with E-state index < -0.39 is 0 Å². The molecule has 0 spiro atoms. The molecule has 3 aromatic carbocycles. The smallest absolute Gasteiger partial charge is 0.256 e. The highest BCUT2D eigenvalue weighted by molar-refractivity contribution is 6.30. The Hall–Kier alpha value is -3.17. The minimum Gasteiger partial charge on any atom is -0.322 e. The van der Waals surface area contributed by atoms with Crippen molar-refractivity contribution in [1.29, 1.82) is 0 Å². The molecule has 4 rings (SSSR count). The van der Waals surface area contributed by atoms with E-state index in [-0.39, 0.29) is 5.91 Å². The Bertz CT molecular complexity index is 1170. The Labute approximate surface area is 175 Å². The molecule has 0 saturated heterocycles. The van der Waals surface area contributed by atoms with Crippen molar-refractivity contribution in [3.8, 4) is 11.3 Å². The molecule has 0 radical (unpaired) electrons. The van der Waals surface area contributed by atoms with Gasteiger partial charge in [-0.3, -0.25) is 4.79 Å². The summed E-state index contributed by atoms with van der Waals surface area (Å²) in [5.74, 6) is 0.293. The summed E-state index contributed by atoms with van der Waals surface area (Å²) in [4.78, 5) is 17.9. The summed E-state index contributed by atoms with van der Waals surface area (Å²) < 4.78 is 0. The van der Waals surface area contributed by atoms with Gasteiger partial charge in [0.2, 0.25) is 0 Å². The van der Waals surface area contributed by atoms with Crippen LogP contribution in [0.15, 0.2) is 78.9 Å². The first-order valence-corrected chi connectivity index (χ1v) is 9.96. The van der Waals surface area contributed by atoms with Crippen LogP contribution in [-0.4, -0.2) is 10.9 Å². The molecule has 3 nitrogen and oxygen atoms in total. The quantitative estimate of drug-likeness (QED) is 0.403. The van der Waals surface area contributed by atoms with Crippen LogP contribution in [0.5, 0.6) is 0 Å². The number of amides is 1. The molecule has 1 aromatic heterocycles. The van der Waals surface area contributed by atoms with Crippen molar-refractivity contribution in [2.45, 2.75) is 19.8 Å². The number of hydrogen-bond donors (Lipinski definition) is 1. The number of benzene rings is 3. The second kappa shape index (κ2) is 8.06. The lowest BCUT2D eigenvalue weighted by molar-refractivity contribution is 0.102. The Morgan fingerprint density at radius 1 is 0.931 bits per heavy atom. The van der Waals surface area contributed by atoms with Crippen LogP contribution in [-0.2, 0) is 0 Å². The third-order valence-electron chi connectivity index (χ3n) is 4.94. The summed E-state index contributed by atoms with van der Waals surface area (Å²) in [6, 6.07) is 25.0. The fourth-order valence-corrected chi connectivity index (χ4v) is 3.41. The standard InChI is InChI=1S/C25H21ClN2O/c1-16(2)17-9-13-20(14-10-17)27-25(29)22-15-24(18-7-11-19(26)12-8-18)28-23-6-4-3-5-21(22)23/h3-16H,1-2H3,(H,27,29). The third kappa shape index (κ3) is 4.15. The number of rotatable bonds is 4. The van der Waals surface area contributed by atoms with Crippen LogP contribution in [0.3, 0.4) is 0 Å². The fraction of sp³-hybridized carbons (Fsp3) is 0.120. The van der Waals surface area contributed by atoms with Gasteiger partial charge in [-0.2, -0.15) is 0 Å². The van der Waals surface area contributed by atoms with Gasteiger partial charge in [-0.25, -0.2) is 4.98 Å². The van der Waals surface area contributed by atoms with Crippen LogP contribution in [0.1, 0.15) is 35.7 Å². The van der Waals surface area contributed by atoms with E-state index in [1.807, 2.05) is 78.9 Å².